The molecule has 7 heteroatoms. The zero-order valence-corrected chi connectivity index (χ0v) is 16.9. The molecule has 3 saturated heterocycles. The molecule has 3 aliphatic rings. The molecule has 0 N–H and O–H groups in total. The number of rotatable bonds is 4. The lowest BCUT2D eigenvalue weighted by Gasteiger charge is -2.56. The van der Waals surface area contributed by atoms with Gasteiger partial charge in [0.15, 0.2) is 11.6 Å². The lowest BCUT2D eigenvalue weighted by molar-refractivity contribution is -0.201. The van der Waals surface area contributed by atoms with Crippen molar-refractivity contribution in [2.45, 2.75) is 63.1 Å². The summed E-state index contributed by atoms with van der Waals surface area (Å²) in [7, 11) is 1.61. The molecule has 1 amide bonds. The smallest absolute Gasteiger partial charge is 0.265 e. The van der Waals surface area contributed by atoms with Crippen LogP contribution in [-0.4, -0.2) is 55.0 Å². The first kappa shape index (κ1) is 19.4. The maximum atomic E-state index is 13.5. The Labute approximate surface area is 165 Å². The standard InChI is InChI=1S/C21H27NO6/c1-7-16-21(28-20(4,5)27-16)17(15-12-25-19(2,3)26-15)22(18(21)23)13-8-10-14(24-6)11-9-13/h7-11,15-17H,1,12H2,2-6H3/t15-,16-,17+,21-/m1/s1. The third kappa shape index (κ3) is 2.76. The molecule has 0 radical (unpaired) electrons. The topological polar surface area (TPSA) is 66.5 Å². The second-order valence-corrected chi connectivity index (χ2v) is 8.25. The van der Waals surface area contributed by atoms with Crippen LogP contribution in [0.15, 0.2) is 36.9 Å². The van der Waals surface area contributed by atoms with Crippen molar-refractivity contribution in [1.29, 1.82) is 0 Å². The maximum absolute atomic E-state index is 13.5. The molecular weight excluding hydrogens is 362 g/mol. The normalized spacial score (nSPS) is 35.8. The van der Waals surface area contributed by atoms with Gasteiger partial charge in [0.2, 0.25) is 5.60 Å². The second kappa shape index (κ2) is 6.29. The Morgan fingerprint density at radius 2 is 1.82 bits per heavy atom. The van der Waals surface area contributed by atoms with Crippen LogP contribution in [0.25, 0.3) is 0 Å². The van der Waals surface area contributed by atoms with Crippen LogP contribution in [0.3, 0.4) is 0 Å². The molecule has 28 heavy (non-hydrogen) atoms. The van der Waals surface area contributed by atoms with Crippen LogP contribution in [0.5, 0.6) is 5.75 Å². The molecule has 7 nitrogen and oxygen atoms in total. The van der Waals surface area contributed by atoms with Gasteiger partial charge in [0.25, 0.3) is 5.91 Å². The average Bonchev–Trinajstić information content (AvgIpc) is 3.15. The largest absolute Gasteiger partial charge is 0.497 e. The molecule has 3 heterocycles. The predicted molar refractivity (Wildman–Crippen MR) is 102 cm³/mol. The van der Waals surface area contributed by atoms with E-state index in [9.17, 15) is 4.79 Å². The number of amides is 1. The van der Waals surface area contributed by atoms with Crippen molar-refractivity contribution >= 4 is 11.6 Å². The van der Waals surface area contributed by atoms with Crippen LogP contribution in [0.1, 0.15) is 27.7 Å². The van der Waals surface area contributed by atoms with E-state index >= 15 is 0 Å². The molecule has 0 aliphatic carbocycles. The SMILES string of the molecule is C=C[C@H]1OC(C)(C)O[C@]12C(=O)N(c1ccc(OC)cc1)[C@H]2[C@H]1COC(C)(C)O1. The summed E-state index contributed by atoms with van der Waals surface area (Å²) in [5.74, 6) is -1.09. The van der Waals surface area contributed by atoms with Crippen molar-refractivity contribution in [1.82, 2.24) is 0 Å². The highest BCUT2D eigenvalue weighted by Crippen LogP contribution is 2.52. The average molecular weight is 389 g/mol. The fraction of sp³-hybridized carbons (Fsp3) is 0.571. The summed E-state index contributed by atoms with van der Waals surface area (Å²) in [5.41, 5.74) is -0.453. The minimum atomic E-state index is -1.19. The van der Waals surface area contributed by atoms with Gasteiger partial charge in [0, 0.05) is 5.69 Å². The van der Waals surface area contributed by atoms with Crippen LogP contribution in [0.2, 0.25) is 0 Å². The van der Waals surface area contributed by atoms with Crippen LogP contribution in [0.4, 0.5) is 5.69 Å². The fourth-order valence-electron chi connectivity index (χ4n) is 4.40. The first-order valence-electron chi connectivity index (χ1n) is 9.43. The van der Waals surface area contributed by atoms with E-state index in [0.717, 1.165) is 11.4 Å². The van der Waals surface area contributed by atoms with E-state index in [-0.39, 0.29) is 12.0 Å². The number of ether oxygens (including phenoxy) is 5. The van der Waals surface area contributed by atoms with Gasteiger partial charge in [0.05, 0.1) is 13.7 Å². The van der Waals surface area contributed by atoms with Gasteiger partial charge in [-0.3, -0.25) is 4.79 Å². The molecule has 0 bridgehead atoms. The number of carbonyl (C=O) groups is 1. The van der Waals surface area contributed by atoms with Gasteiger partial charge >= 0.3 is 0 Å². The zero-order chi connectivity index (χ0) is 20.3. The van der Waals surface area contributed by atoms with Crippen molar-refractivity contribution < 1.29 is 28.5 Å². The Morgan fingerprint density at radius 1 is 1.14 bits per heavy atom. The number of anilines is 1. The van der Waals surface area contributed by atoms with Gasteiger partial charge in [-0.2, -0.15) is 0 Å². The number of methoxy groups -OCH3 is 1. The Balaban J connectivity index is 1.75. The summed E-state index contributed by atoms with van der Waals surface area (Å²) in [6, 6.07) is 6.92. The molecule has 4 atom stereocenters. The third-order valence-corrected chi connectivity index (χ3v) is 5.47. The molecule has 0 unspecified atom stereocenters. The fourth-order valence-corrected chi connectivity index (χ4v) is 4.40. The first-order chi connectivity index (χ1) is 13.1. The number of nitrogens with zero attached hydrogens (tertiary/aromatic N) is 1. The Hall–Kier alpha value is -1.93. The van der Waals surface area contributed by atoms with Crippen molar-refractivity contribution in [3.63, 3.8) is 0 Å². The van der Waals surface area contributed by atoms with Crippen LogP contribution < -0.4 is 9.64 Å². The van der Waals surface area contributed by atoms with Gasteiger partial charge in [0.1, 0.15) is 24.0 Å². The predicted octanol–water partition coefficient (Wildman–Crippen LogP) is 2.64. The molecule has 4 rings (SSSR count). The minimum absolute atomic E-state index is 0.175. The molecule has 3 fully saturated rings. The molecule has 152 valence electrons. The molecule has 1 aromatic rings. The third-order valence-electron chi connectivity index (χ3n) is 5.47. The van der Waals surface area contributed by atoms with Gasteiger partial charge in [-0.1, -0.05) is 6.08 Å². The van der Waals surface area contributed by atoms with Crippen molar-refractivity contribution in [2.75, 3.05) is 18.6 Å². The zero-order valence-electron chi connectivity index (χ0n) is 16.9. The van der Waals surface area contributed by atoms with Crippen LogP contribution >= 0.6 is 0 Å². The number of β-lactam (4-membered cyclic amide) rings is 1. The summed E-state index contributed by atoms with van der Waals surface area (Å²) >= 11 is 0. The van der Waals surface area contributed by atoms with Crippen molar-refractivity contribution in [3.8, 4) is 5.75 Å². The van der Waals surface area contributed by atoms with Crippen molar-refractivity contribution in [3.05, 3.63) is 36.9 Å². The van der Waals surface area contributed by atoms with Crippen LogP contribution in [0, 0.1) is 0 Å². The monoisotopic (exact) mass is 389 g/mol. The van der Waals surface area contributed by atoms with E-state index in [1.54, 1.807) is 31.9 Å². The molecule has 3 aliphatic heterocycles. The highest BCUT2D eigenvalue weighted by Gasteiger charge is 2.74. The minimum Gasteiger partial charge on any atom is -0.497 e. The summed E-state index contributed by atoms with van der Waals surface area (Å²) < 4.78 is 29.4. The molecular formula is C21H27NO6. The number of hydrogen-bond donors (Lipinski definition) is 0. The van der Waals surface area contributed by atoms with Gasteiger partial charge in [-0.25, -0.2) is 0 Å². The van der Waals surface area contributed by atoms with Gasteiger partial charge in [-0.05, 0) is 52.0 Å². The highest BCUT2D eigenvalue weighted by molar-refractivity contribution is 6.09. The molecule has 0 aromatic heterocycles. The van der Waals surface area contributed by atoms with E-state index in [4.69, 9.17) is 23.7 Å². The number of hydrogen-bond acceptors (Lipinski definition) is 6. The Bertz CT molecular complexity index is 789. The molecule has 1 aromatic carbocycles. The van der Waals surface area contributed by atoms with E-state index in [0.29, 0.717) is 6.61 Å². The quantitative estimate of drug-likeness (QED) is 0.583. The summed E-state index contributed by atoms with van der Waals surface area (Å²) in [6.07, 6.45) is 0.683. The lowest BCUT2D eigenvalue weighted by atomic mass is 9.74. The highest BCUT2D eigenvalue weighted by atomic mass is 16.8. The van der Waals surface area contributed by atoms with Crippen molar-refractivity contribution in [2.24, 2.45) is 0 Å². The van der Waals surface area contributed by atoms with Gasteiger partial charge < -0.3 is 28.6 Å². The second-order valence-electron chi connectivity index (χ2n) is 8.25. The summed E-state index contributed by atoms with van der Waals surface area (Å²) in [6.45, 7) is 11.5. The van der Waals surface area contributed by atoms with E-state index in [1.807, 2.05) is 38.1 Å². The maximum Gasteiger partial charge on any atom is 0.265 e. The van der Waals surface area contributed by atoms with E-state index in [2.05, 4.69) is 6.58 Å². The molecule has 1 spiro atoms. The number of benzene rings is 1. The Morgan fingerprint density at radius 3 is 2.36 bits per heavy atom. The van der Waals surface area contributed by atoms with E-state index in [1.165, 1.54) is 0 Å². The molecule has 0 saturated carbocycles. The van der Waals surface area contributed by atoms with Gasteiger partial charge in [-0.15, -0.1) is 6.58 Å². The summed E-state index contributed by atoms with van der Waals surface area (Å²) in [5, 5.41) is 0. The van der Waals surface area contributed by atoms with E-state index < -0.39 is 29.3 Å². The Kier molecular flexibility index (Phi) is 4.35. The number of carbonyl (C=O) groups excluding carboxylic acids is 1. The summed E-state index contributed by atoms with van der Waals surface area (Å²) in [4.78, 5) is 15.2. The van der Waals surface area contributed by atoms with Crippen LogP contribution in [-0.2, 0) is 23.7 Å². The lowest BCUT2D eigenvalue weighted by Crippen LogP contribution is -2.81. The first-order valence-corrected chi connectivity index (χ1v) is 9.43.